The highest BCUT2D eigenvalue weighted by Crippen LogP contribution is 2.27. The molecule has 1 fully saturated rings. The summed E-state index contributed by atoms with van der Waals surface area (Å²) in [6, 6.07) is 1.09. The van der Waals surface area contributed by atoms with Crippen LogP contribution in [0.4, 0.5) is 0 Å². The molecule has 1 aliphatic rings. The van der Waals surface area contributed by atoms with Crippen LogP contribution in [-0.2, 0) is 4.74 Å². The third kappa shape index (κ3) is 2.03. The van der Waals surface area contributed by atoms with Crippen LogP contribution in [0.15, 0.2) is 21.9 Å². The Bertz CT molecular complexity index is 509. The van der Waals surface area contributed by atoms with Gasteiger partial charge >= 0.3 is 5.69 Å². The van der Waals surface area contributed by atoms with Crippen LogP contribution in [-0.4, -0.2) is 49.8 Å². The van der Waals surface area contributed by atoms with E-state index >= 15 is 0 Å². The molecule has 0 bridgehead atoms. The van der Waals surface area contributed by atoms with Gasteiger partial charge in [0.2, 0.25) is 0 Å². The van der Waals surface area contributed by atoms with Gasteiger partial charge in [-0.25, -0.2) is 4.79 Å². The van der Waals surface area contributed by atoms with Gasteiger partial charge in [-0.1, -0.05) is 0 Å². The number of nitrogens with one attached hydrogen (secondary N) is 1. The molecule has 1 saturated heterocycles. The molecular formula is C9H12N2O6. The van der Waals surface area contributed by atoms with Gasteiger partial charge in [-0.2, -0.15) is 0 Å². The average Bonchev–Trinajstić information content (AvgIpc) is 2.57. The average molecular weight is 244 g/mol. The highest BCUT2D eigenvalue weighted by Gasteiger charge is 2.43. The minimum Gasteiger partial charge on any atom is -0.394 e. The quantitative estimate of drug-likeness (QED) is 0.444. The van der Waals surface area contributed by atoms with E-state index in [2.05, 4.69) is 0 Å². The lowest BCUT2D eigenvalue weighted by Gasteiger charge is -2.16. The van der Waals surface area contributed by atoms with Crippen molar-refractivity contribution in [1.82, 2.24) is 9.55 Å². The first-order chi connectivity index (χ1) is 8.04. The SMILES string of the molecule is O=c1ccn([C@H]2O[C@@H](CO)[C@@H](O)[C@H]2O)c(=O)[nH]1. The summed E-state index contributed by atoms with van der Waals surface area (Å²) in [5, 5.41) is 28.1. The minimum atomic E-state index is -1.35. The lowest BCUT2D eigenvalue weighted by atomic mass is 10.1. The van der Waals surface area contributed by atoms with Crippen LogP contribution in [0, 0.1) is 0 Å². The number of nitrogens with zero attached hydrogens (tertiary/aromatic N) is 1. The standard InChI is InChI=1S/C9H12N2O6/c12-3-4-6(14)7(15)8(17-4)11-2-1-5(13)10-9(11)16/h1-2,4,6-8,12,14-15H,3H2,(H,10,13,16)/t4-,6+,7+,8-/m0/s1. The molecule has 0 saturated carbocycles. The summed E-state index contributed by atoms with van der Waals surface area (Å²) in [5.41, 5.74) is -1.33. The maximum absolute atomic E-state index is 11.4. The highest BCUT2D eigenvalue weighted by molar-refractivity contribution is 4.92. The van der Waals surface area contributed by atoms with Gasteiger partial charge in [0.15, 0.2) is 6.23 Å². The summed E-state index contributed by atoms with van der Waals surface area (Å²) in [4.78, 5) is 24.3. The second-order valence-electron chi connectivity index (χ2n) is 3.75. The van der Waals surface area contributed by atoms with E-state index < -0.39 is 42.4 Å². The molecule has 4 N–H and O–H groups in total. The van der Waals surface area contributed by atoms with Crippen molar-refractivity contribution in [3.63, 3.8) is 0 Å². The largest absolute Gasteiger partial charge is 0.394 e. The van der Waals surface area contributed by atoms with Gasteiger partial charge in [0.1, 0.15) is 18.3 Å². The monoisotopic (exact) mass is 244 g/mol. The van der Waals surface area contributed by atoms with Gasteiger partial charge in [-0.05, 0) is 0 Å². The van der Waals surface area contributed by atoms with E-state index in [0.29, 0.717) is 0 Å². The van der Waals surface area contributed by atoms with Crippen molar-refractivity contribution in [2.75, 3.05) is 6.61 Å². The Labute approximate surface area is 94.7 Å². The van der Waals surface area contributed by atoms with Crippen LogP contribution < -0.4 is 11.2 Å². The number of H-pyrrole nitrogens is 1. The zero-order chi connectivity index (χ0) is 12.6. The predicted molar refractivity (Wildman–Crippen MR) is 54.3 cm³/mol. The van der Waals surface area contributed by atoms with Crippen molar-refractivity contribution in [1.29, 1.82) is 0 Å². The third-order valence-electron chi connectivity index (χ3n) is 2.64. The molecule has 8 nitrogen and oxygen atoms in total. The summed E-state index contributed by atoms with van der Waals surface area (Å²) in [6.45, 7) is -0.479. The molecule has 94 valence electrons. The fraction of sp³-hybridized carbons (Fsp3) is 0.556. The topological polar surface area (TPSA) is 125 Å². The zero-order valence-electron chi connectivity index (χ0n) is 8.68. The first-order valence-electron chi connectivity index (χ1n) is 4.98. The summed E-state index contributed by atoms with van der Waals surface area (Å²) in [5.74, 6) is 0. The Hall–Kier alpha value is -1.48. The van der Waals surface area contributed by atoms with Crippen molar-refractivity contribution in [2.24, 2.45) is 0 Å². The zero-order valence-corrected chi connectivity index (χ0v) is 8.68. The first-order valence-corrected chi connectivity index (χ1v) is 4.98. The Morgan fingerprint density at radius 2 is 2.06 bits per heavy atom. The maximum atomic E-state index is 11.4. The third-order valence-corrected chi connectivity index (χ3v) is 2.64. The van der Waals surface area contributed by atoms with Gasteiger partial charge in [0.05, 0.1) is 6.61 Å². The van der Waals surface area contributed by atoms with Crippen LogP contribution in [0.5, 0.6) is 0 Å². The minimum absolute atomic E-state index is 0.479. The summed E-state index contributed by atoms with van der Waals surface area (Å²) < 4.78 is 6.08. The fourth-order valence-corrected chi connectivity index (χ4v) is 1.74. The molecular weight excluding hydrogens is 232 g/mol. The van der Waals surface area contributed by atoms with E-state index in [9.17, 15) is 19.8 Å². The molecule has 0 radical (unpaired) electrons. The van der Waals surface area contributed by atoms with Gasteiger partial charge in [0.25, 0.3) is 5.56 Å². The molecule has 0 aromatic carbocycles. The number of hydrogen-bond acceptors (Lipinski definition) is 6. The smallest absolute Gasteiger partial charge is 0.330 e. The molecule has 0 aliphatic carbocycles. The van der Waals surface area contributed by atoms with Gasteiger partial charge in [-0.3, -0.25) is 14.3 Å². The van der Waals surface area contributed by atoms with Crippen LogP contribution in [0.2, 0.25) is 0 Å². The molecule has 1 aromatic rings. The van der Waals surface area contributed by atoms with Gasteiger partial charge < -0.3 is 20.1 Å². The number of ether oxygens (including phenoxy) is 1. The molecule has 17 heavy (non-hydrogen) atoms. The molecule has 0 amide bonds. The van der Waals surface area contributed by atoms with Crippen molar-refractivity contribution < 1.29 is 20.1 Å². The second-order valence-corrected chi connectivity index (χ2v) is 3.75. The Kier molecular flexibility index (Phi) is 3.11. The first kappa shape index (κ1) is 12.0. The number of aliphatic hydroxyl groups excluding tert-OH is 3. The lowest BCUT2D eigenvalue weighted by molar-refractivity contribution is -0.0550. The van der Waals surface area contributed by atoms with Gasteiger partial charge in [0, 0.05) is 12.3 Å². The maximum Gasteiger partial charge on any atom is 0.330 e. The molecule has 0 spiro atoms. The van der Waals surface area contributed by atoms with Crippen LogP contribution in [0.3, 0.4) is 0 Å². The van der Waals surface area contributed by atoms with Crippen LogP contribution in [0.1, 0.15) is 6.23 Å². The Balaban J connectivity index is 2.35. The van der Waals surface area contributed by atoms with E-state index in [-0.39, 0.29) is 0 Å². The van der Waals surface area contributed by atoms with E-state index in [1.807, 2.05) is 4.98 Å². The Morgan fingerprint density at radius 3 is 2.59 bits per heavy atom. The second kappa shape index (κ2) is 4.41. The molecule has 2 heterocycles. The van der Waals surface area contributed by atoms with E-state index in [4.69, 9.17) is 9.84 Å². The van der Waals surface area contributed by atoms with Crippen LogP contribution >= 0.6 is 0 Å². The number of aliphatic hydroxyl groups is 3. The summed E-state index contributed by atoms with van der Waals surface area (Å²) in [6.07, 6.45) is -3.58. The molecule has 0 unspecified atom stereocenters. The highest BCUT2D eigenvalue weighted by atomic mass is 16.6. The summed E-state index contributed by atoms with van der Waals surface area (Å²) in [7, 11) is 0. The number of rotatable bonds is 2. The van der Waals surface area contributed by atoms with Crippen molar-refractivity contribution in [3.8, 4) is 0 Å². The van der Waals surface area contributed by atoms with E-state index in [1.165, 1.54) is 0 Å². The number of hydrogen-bond donors (Lipinski definition) is 4. The molecule has 2 rings (SSSR count). The van der Waals surface area contributed by atoms with Crippen molar-refractivity contribution in [3.05, 3.63) is 33.1 Å². The number of aromatic nitrogens is 2. The van der Waals surface area contributed by atoms with Crippen molar-refractivity contribution in [2.45, 2.75) is 24.5 Å². The molecule has 4 atom stereocenters. The predicted octanol–water partition coefficient (Wildman–Crippen LogP) is -2.85. The molecule has 1 aliphatic heterocycles. The molecule has 1 aromatic heterocycles. The summed E-state index contributed by atoms with van der Waals surface area (Å²) >= 11 is 0. The fourth-order valence-electron chi connectivity index (χ4n) is 1.74. The normalized spacial score (nSPS) is 32.9. The Morgan fingerprint density at radius 1 is 1.35 bits per heavy atom. The number of aromatic amines is 1. The van der Waals surface area contributed by atoms with Crippen molar-refractivity contribution >= 4 is 0 Å². The molecule has 8 heteroatoms. The van der Waals surface area contributed by atoms with E-state index in [0.717, 1.165) is 16.8 Å². The van der Waals surface area contributed by atoms with Gasteiger partial charge in [-0.15, -0.1) is 0 Å². The van der Waals surface area contributed by atoms with Crippen LogP contribution in [0.25, 0.3) is 0 Å². The van der Waals surface area contributed by atoms with E-state index in [1.54, 1.807) is 0 Å². The lowest BCUT2D eigenvalue weighted by Crippen LogP contribution is -2.37.